The van der Waals surface area contributed by atoms with E-state index in [1.165, 1.54) is 25.1 Å². The fraction of sp³-hybridized carbons (Fsp3) is 0.300. The zero-order valence-electron chi connectivity index (χ0n) is 17.5. The molecule has 0 spiro atoms. The number of pyridine rings is 1. The van der Waals surface area contributed by atoms with E-state index in [0.717, 1.165) is 24.5 Å². The third-order valence-corrected chi connectivity index (χ3v) is 4.65. The molecule has 1 aromatic heterocycles. The van der Waals surface area contributed by atoms with Gasteiger partial charge in [0.15, 0.2) is 0 Å². The molecule has 3 N–H and O–H groups in total. The van der Waals surface area contributed by atoms with Crippen molar-refractivity contribution < 1.29 is 30.8 Å². The molecular weight excluding hydrogens is 452 g/mol. The number of benzene rings is 1. The van der Waals surface area contributed by atoms with Crippen LogP contribution < -0.4 is 15.4 Å². The number of hydrogen-bond acceptors (Lipinski definition) is 5. The molecule has 0 saturated heterocycles. The summed E-state index contributed by atoms with van der Waals surface area (Å²) in [5.74, 6) is -1.37. The fourth-order valence-corrected chi connectivity index (χ4v) is 3.35. The average molecular weight is 474 g/mol. The van der Waals surface area contributed by atoms with Crippen LogP contribution in [0.2, 0.25) is 0 Å². The third kappa shape index (κ3) is 7.22. The molecule has 0 saturated carbocycles. The van der Waals surface area contributed by atoms with Crippen LogP contribution >= 0.6 is 0 Å². The Morgan fingerprint density at radius 2 is 1.91 bits per heavy atom. The Labute approximate surface area is 183 Å². The normalized spacial score (nSPS) is 12.1. The summed E-state index contributed by atoms with van der Waals surface area (Å²) in [5.41, 5.74) is -0.214. The van der Waals surface area contributed by atoms with Crippen LogP contribution in [0.4, 0.5) is 29.1 Å². The number of carbonyl (C=O) groups is 1. The molecule has 0 aliphatic rings. The minimum absolute atomic E-state index is 0.0157. The van der Waals surface area contributed by atoms with Crippen molar-refractivity contribution in [1.82, 2.24) is 10.3 Å². The van der Waals surface area contributed by atoms with E-state index in [4.69, 9.17) is 0 Å². The first-order valence-electron chi connectivity index (χ1n) is 9.35. The lowest BCUT2D eigenvalue weighted by Gasteiger charge is -2.12. The zero-order chi connectivity index (χ0) is 24.1. The molecular formula is C20H22F4N4O3S. The minimum atomic E-state index is -4.59. The highest BCUT2D eigenvalue weighted by Crippen LogP contribution is 2.30. The van der Waals surface area contributed by atoms with Crippen molar-refractivity contribution in [3.05, 3.63) is 58.5 Å². The highest BCUT2D eigenvalue weighted by molar-refractivity contribution is 7.92. The van der Waals surface area contributed by atoms with Crippen LogP contribution in [-0.2, 0) is 27.5 Å². The number of halogens is 4. The molecule has 1 heterocycles. The number of anilines is 2. The number of rotatable bonds is 8. The van der Waals surface area contributed by atoms with E-state index in [0.29, 0.717) is 17.7 Å². The van der Waals surface area contributed by atoms with Crippen molar-refractivity contribution >= 4 is 33.5 Å². The minimum Gasteiger partial charge on any atom is -0.370 e. The van der Waals surface area contributed by atoms with Gasteiger partial charge in [-0.2, -0.15) is 13.2 Å². The first-order valence-corrected chi connectivity index (χ1v) is 11.2. The maximum absolute atomic E-state index is 14.2. The summed E-state index contributed by atoms with van der Waals surface area (Å²) in [7, 11) is -3.65. The van der Waals surface area contributed by atoms with Crippen LogP contribution in [-0.4, -0.2) is 32.1 Å². The summed E-state index contributed by atoms with van der Waals surface area (Å²) in [6, 6.07) is 4.62. The Bertz CT molecular complexity index is 1110. The number of sulfonamides is 1. The van der Waals surface area contributed by atoms with Gasteiger partial charge in [0.2, 0.25) is 15.9 Å². The smallest absolute Gasteiger partial charge is 0.370 e. The van der Waals surface area contributed by atoms with Gasteiger partial charge in [-0.15, -0.1) is 0 Å². The van der Waals surface area contributed by atoms with Crippen molar-refractivity contribution in [2.24, 2.45) is 0 Å². The van der Waals surface area contributed by atoms with Gasteiger partial charge in [-0.25, -0.2) is 17.8 Å². The van der Waals surface area contributed by atoms with Crippen molar-refractivity contribution in [2.45, 2.75) is 26.6 Å². The summed E-state index contributed by atoms with van der Waals surface area (Å²) in [6.07, 6.45) is -1.26. The van der Waals surface area contributed by atoms with Gasteiger partial charge in [-0.1, -0.05) is 6.07 Å². The molecule has 1 amide bonds. The van der Waals surface area contributed by atoms with E-state index in [-0.39, 0.29) is 23.6 Å². The van der Waals surface area contributed by atoms with Crippen LogP contribution in [0.1, 0.15) is 29.3 Å². The van der Waals surface area contributed by atoms with Gasteiger partial charge >= 0.3 is 6.18 Å². The molecule has 0 aliphatic carbocycles. The predicted octanol–water partition coefficient (Wildman–Crippen LogP) is 3.68. The van der Waals surface area contributed by atoms with Crippen LogP contribution in [0.5, 0.6) is 0 Å². The predicted molar refractivity (Wildman–Crippen MR) is 114 cm³/mol. The van der Waals surface area contributed by atoms with Crippen molar-refractivity contribution in [3.63, 3.8) is 0 Å². The molecule has 0 bridgehead atoms. The molecule has 0 radical (unpaired) electrons. The molecule has 2 rings (SSSR count). The number of alkyl halides is 3. The quantitative estimate of drug-likeness (QED) is 0.400. The molecule has 12 heteroatoms. The third-order valence-electron chi connectivity index (χ3n) is 4.08. The van der Waals surface area contributed by atoms with Gasteiger partial charge in [-0.3, -0.25) is 9.52 Å². The van der Waals surface area contributed by atoms with Gasteiger partial charge in [0, 0.05) is 24.7 Å². The number of nitrogens with one attached hydrogen (secondary N) is 3. The molecule has 1 aromatic carbocycles. The molecule has 0 atom stereocenters. The Balaban J connectivity index is 2.10. The van der Waals surface area contributed by atoms with Gasteiger partial charge in [0.1, 0.15) is 17.3 Å². The Hall–Kier alpha value is -3.15. The second-order valence-corrected chi connectivity index (χ2v) is 8.61. The first-order chi connectivity index (χ1) is 14.8. The van der Waals surface area contributed by atoms with E-state index < -0.39 is 33.6 Å². The number of nitrogens with zero attached hydrogens (tertiary/aromatic N) is 1. The molecule has 0 aliphatic heterocycles. The van der Waals surface area contributed by atoms with Crippen LogP contribution in [0.25, 0.3) is 6.08 Å². The van der Waals surface area contributed by atoms with E-state index in [9.17, 15) is 30.8 Å². The first kappa shape index (κ1) is 25.1. The number of aromatic nitrogens is 1. The molecule has 0 fully saturated rings. The molecule has 7 nitrogen and oxygen atoms in total. The van der Waals surface area contributed by atoms with Gasteiger partial charge in [0.25, 0.3) is 0 Å². The maximum Gasteiger partial charge on any atom is 0.433 e. The Morgan fingerprint density at radius 1 is 1.22 bits per heavy atom. The summed E-state index contributed by atoms with van der Waals surface area (Å²) in [4.78, 5) is 15.7. The maximum atomic E-state index is 14.2. The summed E-state index contributed by atoms with van der Waals surface area (Å²) in [5, 5.41) is 5.25. The highest BCUT2D eigenvalue weighted by atomic mass is 32.2. The van der Waals surface area contributed by atoms with Crippen molar-refractivity contribution in [3.8, 4) is 0 Å². The lowest BCUT2D eigenvalue weighted by molar-refractivity contribution is -0.141. The largest absolute Gasteiger partial charge is 0.433 e. The lowest BCUT2D eigenvalue weighted by Crippen LogP contribution is -2.20. The number of carbonyl (C=O) groups excluding carboxylic acids is 1. The monoisotopic (exact) mass is 474 g/mol. The summed E-state index contributed by atoms with van der Waals surface area (Å²) >= 11 is 0. The second-order valence-electron chi connectivity index (χ2n) is 6.86. The van der Waals surface area contributed by atoms with E-state index in [1.54, 1.807) is 6.92 Å². The van der Waals surface area contributed by atoms with E-state index >= 15 is 0 Å². The van der Waals surface area contributed by atoms with Crippen LogP contribution in [0.3, 0.4) is 0 Å². The lowest BCUT2D eigenvalue weighted by atomic mass is 10.1. The van der Waals surface area contributed by atoms with Gasteiger partial charge in [0.05, 0.1) is 11.9 Å². The topological polar surface area (TPSA) is 100 Å². The number of amides is 1. The Morgan fingerprint density at radius 3 is 2.47 bits per heavy atom. The fourth-order valence-electron chi connectivity index (χ4n) is 2.72. The van der Waals surface area contributed by atoms with Gasteiger partial charge < -0.3 is 10.6 Å². The molecule has 32 heavy (non-hydrogen) atoms. The Kier molecular flexibility index (Phi) is 7.83. The number of aryl methyl sites for hydroxylation is 1. The van der Waals surface area contributed by atoms with Gasteiger partial charge in [-0.05, 0) is 49.2 Å². The van der Waals surface area contributed by atoms with E-state index in [2.05, 4.69) is 20.3 Å². The zero-order valence-corrected chi connectivity index (χ0v) is 18.3. The summed E-state index contributed by atoms with van der Waals surface area (Å²) < 4.78 is 77.5. The van der Waals surface area contributed by atoms with Crippen molar-refractivity contribution in [2.75, 3.05) is 22.8 Å². The second kappa shape index (κ2) is 9.98. The van der Waals surface area contributed by atoms with Crippen LogP contribution in [0.15, 0.2) is 30.3 Å². The standard InChI is InChI=1S/C20H22F4N4O3S/c1-4-25-19-14(5-7-16(27-19)20(22,23)24)6-8-17(29)26-11-13-9-12(2)18(15(21)10-13)28-32(3,30)31/h5-10,28H,4,11H2,1-3H3,(H,25,27)(H,26,29)/b8-6-. The highest BCUT2D eigenvalue weighted by Gasteiger charge is 2.32. The molecule has 2 aromatic rings. The molecule has 174 valence electrons. The number of hydrogen-bond donors (Lipinski definition) is 3. The molecule has 0 unspecified atom stereocenters. The van der Waals surface area contributed by atoms with E-state index in [1.807, 2.05) is 0 Å². The van der Waals surface area contributed by atoms with Crippen molar-refractivity contribution in [1.29, 1.82) is 0 Å². The average Bonchev–Trinajstić information content (AvgIpc) is 2.67. The van der Waals surface area contributed by atoms with Crippen LogP contribution in [0, 0.1) is 12.7 Å². The summed E-state index contributed by atoms with van der Waals surface area (Å²) in [6.45, 7) is 3.49. The SMILES string of the molecule is CCNc1nc(C(F)(F)F)ccc1/C=C\C(=O)NCc1cc(C)c(NS(C)(=O)=O)c(F)c1.